The van der Waals surface area contributed by atoms with E-state index in [2.05, 4.69) is 42.1 Å². The topological polar surface area (TPSA) is 0 Å². The van der Waals surface area contributed by atoms with Gasteiger partial charge < -0.3 is 0 Å². The van der Waals surface area contributed by atoms with Crippen LogP contribution in [0.15, 0.2) is 30.3 Å². The van der Waals surface area contributed by atoms with Gasteiger partial charge in [0.25, 0.3) is 0 Å². The van der Waals surface area contributed by atoms with Crippen LogP contribution in [0.2, 0.25) is 0 Å². The normalized spacial score (nSPS) is 34.4. The van der Waals surface area contributed by atoms with Crippen molar-refractivity contribution in [1.29, 1.82) is 0 Å². The highest BCUT2D eigenvalue weighted by molar-refractivity contribution is 8.00. The molecule has 86 valence electrons. The molecule has 2 fully saturated rings. The van der Waals surface area contributed by atoms with E-state index in [1.165, 1.54) is 38.5 Å². The van der Waals surface area contributed by atoms with E-state index in [-0.39, 0.29) is 0 Å². The zero-order chi connectivity index (χ0) is 10.8. The van der Waals surface area contributed by atoms with Crippen molar-refractivity contribution in [2.24, 2.45) is 5.92 Å². The zero-order valence-corrected chi connectivity index (χ0v) is 10.6. The highest BCUT2D eigenvalue weighted by atomic mass is 32.2. The minimum Gasteiger partial charge on any atom is -0.150 e. The van der Waals surface area contributed by atoms with Crippen molar-refractivity contribution in [3.63, 3.8) is 0 Å². The number of rotatable bonds is 1. The van der Waals surface area contributed by atoms with Gasteiger partial charge in [0, 0.05) is 10.5 Å². The monoisotopic (exact) mass is 232 g/mol. The number of fused-ring (bicyclic) bond motifs is 1. The second-order valence-corrected chi connectivity index (χ2v) is 6.64. The van der Waals surface area contributed by atoms with Crippen LogP contribution in [0.1, 0.15) is 49.3 Å². The Labute approximate surface area is 103 Å². The van der Waals surface area contributed by atoms with Crippen LogP contribution in [0, 0.1) is 5.92 Å². The summed E-state index contributed by atoms with van der Waals surface area (Å²) >= 11 is 2.27. The van der Waals surface area contributed by atoms with E-state index in [4.69, 9.17) is 0 Å². The van der Waals surface area contributed by atoms with Gasteiger partial charge in [0.1, 0.15) is 0 Å². The van der Waals surface area contributed by atoms with Gasteiger partial charge in [0.2, 0.25) is 0 Å². The van der Waals surface area contributed by atoms with E-state index < -0.39 is 0 Å². The molecule has 1 aliphatic carbocycles. The van der Waals surface area contributed by atoms with Crippen LogP contribution >= 0.6 is 11.8 Å². The first kappa shape index (κ1) is 10.7. The molecule has 0 radical (unpaired) electrons. The quantitative estimate of drug-likeness (QED) is 0.669. The Hall–Kier alpha value is -0.430. The lowest BCUT2D eigenvalue weighted by molar-refractivity contribution is 0.330. The first-order chi connectivity index (χ1) is 7.93. The van der Waals surface area contributed by atoms with Gasteiger partial charge in [-0.25, -0.2) is 0 Å². The summed E-state index contributed by atoms with van der Waals surface area (Å²) < 4.78 is 0. The molecule has 3 atom stereocenters. The molecule has 0 spiro atoms. The molecule has 1 aromatic rings. The molecule has 16 heavy (non-hydrogen) atoms. The maximum Gasteiger partial charge on any atom is 0.0300 e. The van der Waals surface area contributed by atoms with E-state index >= 15 is 0 Å². The summed E-state index contributed by atoms with van der Waals surface area (Å²) in [5.74, 6) is 1.04. The minimum absolute atomic E-state index is 0.778. The molecule has 3 rings (SSSR count). The smallest absolute Gasteiger partial charge is 0.0300 e. The molecule has 0 N–H and O–H groups in total. The van der Waals surface area contributed by atoms with Crippen LogP contribution in [0.3, 0.4) is 0 Å². The summed E-state index contributed by atoms with van der Waals surface area (Å²) in [6, 6.07) is 11.1. The lowest BCUT2D eigenvalue weighted by Crippen LogP contribution is -2.27. The fourth-order valence-electron chi connectivity index (χ4n) is 3.24. The van der Waals surface area contributed by atoms with Crippen LogP contribution in [-0.4, -0.2) is 5.25 Å². The molecule has 1 saturated carbocycles. The third kappa shape index (κ3) is 2.15. The largest absolute Gasteiger partial charge is 0.150 e. The first-order valence-corrected chi connectivity index (χ1v) is 7.58. The number of thioether (sulfide) groups is 1. The van der Waals surface area contributed by atoms with Gasteiger partial charge in [-0.2, -0.15) is 11.8 Å². The Morgan fingerprint density at radius 2 is 1.69 bits per heavy atom. The standard InChI is InChI=1S/C15H20S/c1-2-6-12(7-3-1)15-11-10-13-8-4-5-9-14(13)16-15/h1-3,6-7,13-15H,4-5,8-11H2/t13-,14+,15+/m0/s1. The minimum atomic E-state index is 0.778. The predicted octanol–water partition coefficient (Wildman–Crippen LogP) is 4.81. The average Bonchev–Trinajstić information content (AvgIpc) is 2.39. The van der Waals surface area contributed by atoms with Crippen LogP contribution in [0.5, 0.6) is 0 Å². The van der Waals surface area contributed by atoms with E-state index in [1.54, 1.807) is 5.56 Å². The van der Waals surface area contributed by atoms with Crippen molar-refractivity contribution in [3.8, 4) is 0 Å². The van der Waals surface area contributed by atoms with Crippen molar-refractivity contribution in [1.82, 2.24) is 0 Å². The molecule has 1 heterocycles. The Kier molecular flexibility index (Phi) is 3.23. The SMILES string of the molecule is c1ccc([C@H]2CC[C@@H]3CCCC[C@H]3S2)cc1. The molecule has 0 bridgehead atoms. The van der Waals surface area contributed by atoms with Crippen molar-refractivity contribution < 1.29 is 0 Å². The van der Waals surface area contributed by atoms with Gasteiger partial charge in [-0.15, -0.1) is 0 Å². The zero-order valence-electron chi connectivity index (χ0n) is 9.77. The van der Waals surface area contributed by atoms with Gasteiger partial charge in [-0.1, -0.05) is 43.2 Å². The summed E-state index contributed by atoms with van der Waals surface area (Å²) in [6.07, 6.45) is 8.79. The second kappa shape index (κ2) is 4.83. The van der Waals surface area contributed by atoms with Crippen molar-refractivity contribution in [2.75, 3.05) is 0 Å². The summed E-state index contributed by atoms with van der Waals surface area (Å²) in [6.45, 7) is 0. The summed E-state index contributed by atoms with van der Waals surface area (Å²) in [5, 5.41) is 1.74. The fourth-order valence-corrected chi connectivity index (χ4v) is 5.05. The number of hydrogen-bond donors (Lipinski definition) is 0. The molecule has 0 amide bonds. The molecule has 1 aromatic carbocycles. The second-order valence-electron chi connectivity index (χ2n) is 5.20. The molecule has 0 aromatic heterocycles. The van der Waals surface area contributed by atoms with Gasteiger partial charge in [0.15, 0.2) is 0 Å². The summed E-state index contributed by atoms with van der Waals surface area (Å²) in [5.41, 5.74) is 1.55. The summed E-state index contributed by atoms with van der Waals surface area (Å²) in [4.78, 5) is 0. The van der Waals surface area contributed by atoms with Crippen LogP contribution in [0.25, 0.3) is 0 Å². The van der Waals surface area contributed by atoms with E-state index in [1.807, 2.05) is 0 Å². The average molecular weight is 232 g/mol. The van der Waals surface area contributed by atoms with Gasteiger partial charge >= 0.3 is 0 Å². The maximum absolute atomic E-state index is 2.31. The van der Waals surface area contributed by atoms with Crippen LogP contribution in [0.4, 0.5) is 0 Å². The lowest BCUT2D eigenvalue weighted by atomic mass is 9.84. The Balaban J connectivity index is 1.71. The highest BCUT2D eigenvalue weighted by Crippen LogP contribution is 2.49. The van der Waals surface area contributed by atoms with E-state index in [0.717, 1.165) is 16.4 Å². The van der Waals surface area contributed by atoms with Crippen LogP contribution in [-0.2, 0) is 0 Å². The Morgan fingerprint density at radius 1 is 0.875 bits per heavy atom. The first-order valence-electron chi connectivity index (χ1n) is 6.64. The molecular formula is C15H20S. The molecule has 0 unspecified atom stereocenters. The molecule has 1 heteroatoms. The molecule has 1 aliphatic heterocycles. The Morgan fingerprint density at radius 3 is 2.56 bits per heavy atom. The molecule has 1 saturated heterocycles. The fraction of sp³-hybridized carbons (Fsp3) is 0.600. The van der Waals surface area contributed by atoms with Crippen LogP contribution < -0.4 is 0 Å². The predicted molar refractivity (Wildman–Crippen MR) is 71.8 cm³/mol. The van der Waals surface area contributed by atoms with Gasteiger partial charge in [0.05, 0.1) is 0 Å². The molecule has 2 aliphatic rings. The van der Waals surface area contributed by atoms with Crippen molar-refractivity contribution >= 4 is 11.8 Å². The highest BCUT2D eigenvalue weighted by Gasteiger charge is 2.33. The molecule has 0 nitrogen and oxygen atoms in total. The van der Waals surface area contributed by atoms with Crippen molar-refractivity contribution in [2.45, 2.75) is 49.0 Å². The third-order valence-corrected chi connectivity index (χ3v) is 5.96. The number of benzene rings is 1. The summed E-state index contributed by atoms with van der Waals surface area (Å²) in [7, 11) is 0. The maximum atomic E-state index is 2.31. The van der Waals surface area contributed by atoms with Gasteiger partial charge in [-0.3, -0.25) is 0 Å². The molecular weight excluding hydrogens is 212 g/mol. The lowest BCUT2D eigenvalue weighted by Gasteiger charge is -2.39. The van der Waals surface area contributed by atoms with Crippen molar-refractivity contribution in [3.05, 3.63) is 35.9 Å². The third-order valence-electron chi connectivity index (χ3n) is 4.15. The van der Waals surface area contributed by atoms with Gasteiger partial charge in [-0.05, 0) is 37.2 Å². The van der Waals surface area contributed by atoms with E-state index in [0.29, 0.717) is 0 Å². The van der Waals surface area contributed by atoms with E-state index in [9.17, 15) is 0 Å². The Bertz CT molecular complexity index is 333. The number of hydrogen-bond acceptors (Lipinski definition) is 1.